The van der Waals surface area contributed by atoms with E-state index in [-0.39, 0.29) is 28.8 Å². The van der Waals surface area contributed by atoms with Crippen LogP contribution in [0.15, 0.2) is 47.3 Å². The molecule has 49 heavy (non-hydrogen) atoms. The van der Waals surface area contributed by atoms with Crippen LogP contribution in [0.1, 0.15) is 55.6 Å². The number of hydrogen-bond donors (Lipinski definition) is 3. The van der Waals surface area contributed by atoms with E-state index in [4.69, 9.17) is 18.9 Å². The number of H-pyrrole nitrogens is 1. The predicted molar refractivity (Wildman–Crippen MR) is 189 cm³/mol. The highest BCUT2D eigenvalue weighted by molar-refractivity contribution is 5.89. The van der Waals surface area contributed by atoms with E-state index in [1.54, 1.807) is 40.6 Å². The number of ether oxygens (including phenoxy) is 4. The van der Waals surface area contributed by atoms with Crippen LogP contribution in [-0.4, -0.2) is 62.7 Å². The number of aromatic amines is 1. The largest absolute Gasteiger partial charge is 0.497 e. The summed E-state index contributed by atoms with van der Waals surface area (Å²) in [5.41, 5.74) is 6.30. The molecule has 2 heterocycles. The van der Waals surface area contributed by atoms with Crippen molar-refractivity contribution in [1.29, 1.82) is 0 Å². The van der Waals surface area contributed by atoms with Gasteiger partial charge in [-0.1, -0.05) is 19.9 Å². The Morgan fingerprint density at radius 1 is 0.939 bits per heavy atom. The minimum atomic E-state index is -0.659. The van der Waals surface area contributed by atoms with Crippen molar-refractivity contribution in [2.24, 2.45) is 5.92 Å². The van der Waals surface area contributed by atoms with Crippen LogP contribution in [0.25, 0.3) is 22.0 Å². The summed E-state index contributed by atoms with van der Waals surface area (Å²) in [6.45, 7) is 6.42. The number of amides is 2. The summed E-state index contributed by atoms with van der Waals surface area (Å²) in [5.74, 6) is 1.80. The van der Waals surface area contributed by atoms with Crippen LogP contribution < -0.4 is 35.0 Å². The number of nitrogens with zero attached hydrogens (tertiary/aromatic N) is 1. The monoisotopic (exact) mass is 668 g/mol. The number of benzene rings is 2. The first-order valence-corrected chi connectivity index (χ1v) is 16.6. The van der Waals surface area contributed by atoms with Crippen LogP contribution in [0, 0.1) is 5.92 Å². The molecule has 0 unspecified atom stereocenters. The number of hydrogen-bond acceptors (Lipinski definition) is 8. The Labute approximate surface area is 285 Å². The molecule has 1 aliphatic carbocycles. The van der Waals surface area contributed by atoms with E-state index in [0.717, 1.165) is 44.6 Å². The van der Waals surface area contributed by atoms with Crippen molar-refractivity contribution in [2.45, 2.75) is 58.7 Å². The number of methoxy groups -OCH3 is 4. The summed E-state index contributed by atoms with van der Waals surface area (Å²) >= 11 is 0. The first-order chi connectivity index (χ1) is 23.6. The van der Waals surface area contributed by atoms with Crippen LogP contribution in [0.5, 0.6) is 23.0 Å². The minimum Gasteiger partial charge on any atom is -0.497 e. The number of nitrogens with one attached hydrogen (secondary N) is 3. The van der Waals surface area contributed by atoms with Crippen molar-refractivity contribution in [3.05, 3.63) is 75.1 Å². The first-order valence-electron chi connectivity index (χ1n) is 16.6. The van der Waals surface area contributed by atoms with Crippen molar-refractivity contribution < 1.29 is 28.5 Å². The summed E-state index contributed by atoms with van der Waals surface area (Å²) in [6.07, 6.45) is 1.84. The van der Waals surface area contributed by atoms with Gasteiger partial charge in [0.25, 0.3) is 0 Å². The molecule has 0 bridgehead atoms. The van der Waals surface area contributed by atoms with Gasteiger partial charge in [-0.3, -0.25) is 14.4 Å². The second-order valence-electron chi connectivity index (χ2n) is 13.0. The number of carbonyl (C=O) groups excluding carboxylic acids is 2. The summed E-state index contributed by atoms with van der Waals surface area (Å²) in [5, 5.41) is 7.41. The van der Waals surface area contributed by atoms with Gasteiger partial charge in [-0.25, -0.2) is 0 Å². The molecule has 11 nitrogen and oxygen atoms in total. The molecule has 2 atom stereocenters. The van der Waals surface area contributed by atoms with E-state index in [0.29, 0.717) is 55.2 Å². The quantitative estimate of drug-likeness (QED) is 0.217. The molecule has 1 aromatic heterocycles. The van der Waals surface area contributed by atoms with Gasteiger partial charge < -0.3 is 39.5 Å². The second-order valence-corrected chi connectivity index (χ2v) is 13.0. The van der Waals surface area contributed by atoms with Gasteiger partial charge in [-0.2, -0.15) is 0 Å². The highest BCUT2D eigenvalue weighted by Crippen LogP contribution is 2.50. The number of aromatic nitrogens is 1. The summed E-state index contributed by atoms with van der Waals surface area (Å²) in [6, 6.07) is 11.9. The zero-order valence-electron chi connectivity index (χ0n) is 29.1. The molecule has 258 valence electrons. The van der Waals surface area contributed by atoms with Gasteiger partial charge in [0.15, 0.2) is 11.5 Å². The molecule has 2 amide bonds. The number of carbonyl (C=O) groups is 2. The standard InChI is InChI=1S/C38H44N4O7/c1-20(2)35(38(45)42-15-14-30-27(19-42)25-17-23(46-4)9-12-29(25)40-30)41-31-13-10-24-26(18-32(31)44)28(39-21(3)43)11-8-22-16-33(47-5)36(48-6)37(49-7)34(22)24/h9-10,12-13,16-18,20,28,35,40H,8,11,14-15,19H2,1-7H3,(H,39,43)(H,41,44)/t28-,35-/m1/s1. The van der Waals surface area contributed by atoms with Gasteiger partial charge in [0, 0.05) is 54.2 Å². The molecular weight excluding hydrogens is 624 g/mol. The molecule has 11 heteroatoms. The lowest BCUT2D eigenvalue weighted by Crippen LogP contribution is -2.47. The minimum absolute atomic E-state index is 0.0784. The normalized spacial score (nSPS) is 15.8. The van der Waals surface area contributed by atoms with Gasteiger partial charge in [0.1, 0.15) is 11.8 Å². The van der Waals surface area contributed by atoms with Gasteiger partial charge in [-0.05, 0) is 71.8 Å². The topological polar surface area (TPSA) is 131 Å². The third-order valence-electron chi connectivity index (χ3n) is 9.65. The molecule has 4 aromatic rings. The molecule has 2 aliphatic rings. The molecule has 0 fully saturated rings. The van der Waals surface area contributed by atoms with Crippen molar-refractivity contribution >= 4 is 28.4 Å². The Kier molecular flexibility index (Phi) is 9.45. The Morgan fingerprint density at radius 2 is 1.71 bits per heavy atom. The average molecular weight is 669 g/mol. The van der Waals surface area contributed by atoms with Crippen molar-refractivity contribution in [3.63, 3.8) is 0 Å². The fourth-order valence-electron chi connectivity index (χ4n) is 7.21. The van der Waals surface area contributed by atoms with E-state index >= 15 is 0 Å². The van der Waals surface area contributed by atoms with Crippen molar-refractivity contribution in [1.82, 2.24) is 15.2 Å². The fraction of sp³-hybridized carbons (Fsp3) is 0.395. The molecule has 0 saturated heterocycles. The average Bonchev–Trinajstić information content (AvgIpc) is 3.29. The Balaban J connectivity index is 1.39. The van der Waals surface area contributed by atoms with E-state index in [9.17, 15) is 14.4 Å². The smallest absolute Gasteiger partial charge is 0.245 e. The SMILES string of the molecule is COc1ccc2[nH]c3c(c2c1)CN(C(=O)[C@H](Nc1ccc2c(cc1=O)[C@H](NC(C)=O)CCc1cc(OC)c(OC)c(OC)c1-2)C(C)C)CC3. The lowest BCUT2D eigenvalue weighted by molar-refractivity contribution is -0.133. The maximum atomic E-state index is 14.2. The zero-order valence-corrected chi connectivity index (χ0v) is 29.1. The van der Waals surface area contributed by atoms with Crippen LogP contribution in [0.3, 0.4) is 0 Å². The van der Waals surface area contributed by atoms with Crippen LogP contribution in [-0.2, 0) is 29.0 Å². The molecule has 3 N–H and O–H groups in total. The summed E-state index contributed by atoms with van der Waals surface area (Å²) in [4.78, 5) is 46.0. The highest BCUT2D eigenvalue weighted by atomic mass is 16.5. The number of anilines is 1. The second kappa shape index (κ2) is 13.7. The molecule has 3 aromatic carbocycles. The third kappa shape index (κ3) is 6.25. The van der Waals surface area contributed by atoms with Crippen molar-refractivity contribution in [2.75, 3.05) is 40.3 Å². The van der Waals surface area contributed by atoms with E-state index in [1.807, 2.05) is 49.1 Å². The van der Waals surface area contributed by atoms with E-state index in [2.05, 4.69) is 15.6 Å². The Hall–Kier alpha value is -5.19. The number of rotatable bonds is 9. The maximum Gasteiger partial charge on any atom is 0.245 e. The number of fused-ring (bicyclic) bond motifs is 6. The molecule has 0 radical (unpaired) electrons. The van der Waals surface area contributed by atoms with E-state index in [1.165, 1.54) is 6.92 Å². The zero-order chi connectivity index (χ0) is 35.0. The van der Waals surface area contributed by atoms with Gasteiger partial charge in [0.05, 0.1) is 40.2 Å². The van der Waals surface area contributed by atoms with Gasteiger partial charge >= 0.3 is 0 Å². The number of aryl methyl sites for hydroxylation is 1. The molecule has 1 aliphatic heterocycles. The lowest BCUT2D eigenvalue weighted by Gasteiger charge is -2.32. The van der Waals surface area contributed by atoms with Crippen LogP contribution >= 0.6 is 0 Å². The molecule has 6 rings (SSSR count). The molecule has 0 saturated carbocycles. The van der Waals surface area contributed by atoms with Crippen molar-refractivity contribution in [3.8, 4) is 34.1 Å². The van der Waals surface area contributed by atoms with Gasteiger partial charge in [0.2, 0.25) is 23.0 Å². The highest BCUT2D eigenvalue weighted by Gasteiger charge is 2.33. The van der Waals surface area contributed by atoms with E-state index < -0.39 is 12.1 Å². The molecular formula is C38H44N4O7. The Bertz CT molecular complexity index is 1990. The summed E-state index contributed by atoms with van der Waals surface area (Å²) < 4.78 is 22.7. The lowest BCUT2D eigenvalue weighted by atomic mass is 9.95. The Morgan fingerprint density at radius 3 is 2.39 bits per heavy atom. The predicted octanol–water partition coefficient (Wildman–Crippen LogP) is 5.37. The summed E-state index contributed by atoms with van der Waals surface area (Å²) in [7, 11) is 6.33. The van der Waals surface area contributed by atoms with Crippen LogP contribution in [0.2, 0.25) is 0 Å². The van der Waals surface area contributed by atoms with Gasteiger partial charge in [-0.15, -0.1) is 0 Å². The maximum absolute atomic E-state index is 14.2. The third-order valence-corrected chi connectivity index (χ3v) is 9.65. The van der Waals surface area contributed by atoms with Crippen LogP contribution in [0.4, 0.5) is 5.69 Å². The first kappa shape index (κ1) is 33.7. The molecule has 0 spiro atoms. The fourth-order valence-corrected chi connectivity index (χ4v) is 7.21.